The minimum absolute atomic E-state index is 0.0798. The molecular formula is C21H25FN4O5. The van der Waals surface area contributed by atoms with E-state index in [2.05, 4.69) is 15.1 Å². The standard InChI is InChI=1S/C21H25FN4O5/c1-30-19-13-17(18(26(28)29)14-20(19)31-2)21(27)23-7-8-24-9-11-25(12-10-24)16-5-3-15(22)4-6-16/h3-6,13-14H,7-12H2,1-2H3,(H,23,27). The van der Waals surface area contributed by atoms with Crippen molar-refractivity contribution in [2.75, 3.05) is 58.4 Å². The van der Waals surface area contributed by atoms with Crippen LogP contribution in [0.1, 0.15) is 10.4 Å². The van der Waals surface area contributed by atoms with E-state index in [4.69, 9.17) is 9.47 Å². The predicted molar refractivity (Wildman–Crippen MR) is 114 cm³/mol. The Balaban J connectivity index is 1.54. The number of methoxy groups -OCH3 is 2. The second-order valence-corrected chi connectivity index (χ2v) is 7.04. The van der Waals surface area contributed by atoms with Crippen LogP contribution in [0, 0.1) is 15.9 Å². The molecule has 2 aromatic rings. The summed E-state index contributed by atoms with van der Waals surface area (Å²) in [5.74, 6) is -0.370. The highest BCUT2D eigenvalue weighted by Crippen LogP contribution is 2.34. The Morgan fingerprint density at radius 2 is 1.71 bits per heavy atom. The van der Waals surface area contributed by atoms with Gasteiger partial charge in [0, 0.05) is 51.0 Å². The fourth-order valence-electron chi connectivity index (χ4n) is 3.51. The number of carbonyl (C=O) groups excluding carboxylic acids is 1. The molecule has 2 aromatic carbocycles. The molecule has 1 fully saturated rings. The summed E-state index contributed by atoms with van der Waals surface area (Å²) in [6, 6.07) is 8.92. The molecule has 0 unspecified atom stereocenters. The lowest BCUT2D eigenvalue weighted by Gasteiger charge is -2.36. The highest BCUT2D eigenvalue weighted by molar-refractivity contribution is 5.99. The highest BCUT2D eigenvalue weighted by atomic mass is 19.1. The van der Waals surface area contributed by atoms with E-state index >= 15 is 0 Å². The number of hydrogen-bond donors (Lipinski definition) is 1. The van der Waals surface area contributed by atoms with Gasteiger partial charge in [-0.25, -0.2) is 4.39 Å². The zero-order valence-electron chi connectivity index (χ0n) is 17.5. The van der Waals surface area contributed by atoms with E-state index in [1.54, 1.807) is 12.1 Å². The number of anilines is 1. The molecule has 31 heavy (non-hydrogen) atoms. The van der Waals surface area contributed by atoms with Crippen molar-refractivity contribution in [1.82, 2.24) is 10.2 Å². The van der Waals surface area contributed by atoms with Gasteiger partial charge < -0.3 is 19.7 Å². The number of ether oxygens (including phenoxy) is 2. The molecule has 1 saturated heterocycles. The van der Waals surface area contributed by atoms with E-state index < -0.39 is 10.8 Å². The third kappa shape index (κ3) is 5.40. The molecule has 1 heterocycles. The van der Waals surface area contributed by atoms with Gasteiger partial charge in [-0.3, -0.25) is 19.8 Å². The van der Waals surface area contributed by atoms with Crippen LogP contribution < -0.4 is 19.7 Å². The number of nitro groups is 1. The summed E-state index contributed by atoms with van der Waals surface area (Å²) >= 11 is 0. The third-order valence-electron chi connectivity index (χ3n) is 5.22. The predicted octanol–water partition coefficient (Wildman–Crippen LogP) is 2.30. The molecule has 166 valence electrons. The molecule has 1 aliphatic rings. The first-order chi connectivity index (χ1) is 14.9. The first-order valence-electron chi connectivity index (χ1n) is 9.84. The lowest BCUT2D eigenvalue weighted by Crippen LogP contribution is -2.48. The number of nitro benzene ring substituents is 1. The maximum atomic E-state index is 13.1. The van der Waals surface area contributed by atoms with Gasteiger partial charge in [0.25, 0.3) is 11.6 Å². The molecule has 0 bridgehead atoms. The van der Waals surface area contributed by atoms with Gasteiger partial charge in [0.1, 0.15) is 11.4 Å². The number of nitrogens with one attached hydrogen (secondary N) is 1. The molecule has 9 nitrogen and oxygen atoms in total. The zero-order valence-corrected chi connectivity index (χ0v) is 17.5. The van der Waals surface area contributed by atoms with Crippen LogP contribution in [-0.2, 0) is 0 Å². The van der Waals surface area contributed by atoms with Crippen LogP contribution in [-0.4, -0.2) is 69.2 Å². The number of benzene rings is 2. The summed E-state index contributed by atoms with van der Waals surface area (Å²) in [5, 5.41) is 14.1. The number of hydrogen-bond acceptors (Lipinski definition) is 7. The zero-order chi connectivity index (χ0) is 22.4. The van der Waals surface area contributed by atoms with Crippen LogP contribution in [0.2, 0.25) is 0 Å². The minimum atomic E-state index is -0.619. The lowest BCUT2D eigenvalue weighted by atomic mass is 10.1. The quantitative estimate of drug-likeness (QED) is 0.505. The summed E-state index contributed by atoms with van der Waals surface area (Å²) in [7, 11) is 2.77. The maximum Gasteiger partial charge on any atom is 0.286 e. The van der Waals surface area contributed by atoms with Crippen molar-refractivity contribution in [2.45, 2.75) is 0 Å². The second kappa shape index (κ2) is 10.1. The Morgan fingerprint density at radius 1 is 1.10 bits per heavy atom. The van der Waals surface area contributed by atoms with Crippen LogP contribution in [0.3, 0.4) is 0 Å². The van der Waals surface area contributed by atoms with Crippen molar-refractivity contribution in [2.24, 2.45) is 0 Å². The lowest BCUT2D eigenvalue weighted by molar-refractivity contribution is -0.385. The number of carbonyl (C=O) groups is 1. The summed E-state index contributed by atoms with van der Waals surface area (Å²) in [5.41, 5.74) is 0.557. The molecule has 0 saturated carbocycles. The first kappa shape index (κ1) is 22.3. The minimum Gasteiger partial charge on any atom is -0.493 e. The van der Waals surface area contributed by atoms with Gasteiger partial charge in [0.05, 0.1) is 25.2 Å². The SMILES string of the molecule is COc1cc(C(=O)NCCN2CCN(c3ccc(F)cc3)CC2)c([N+](=O)[O-])cc1OC. The average molecular weight is 432 g/mol. The summed E-state index contributed by atoms with van der Waals surface area (Å²) < 4.78 is 23.3. The van der Waals surface area contributed by atoms with Crippen LogP contribution in [0.15, 0.2) is 36.4 Å². The summed E-state index contributed by atoms with van der Waals surface area (Å²) in [6.45, 7) is 4.14. The van der Waals surface area contributed by atoms with Crippen LogP contribution in [0.25, 0.3) is 0 Å². The molecule has 10 heteroatoms. The number of nitrogens with zero attached hydrogens (tertiary/aromatic N) is 3. The van der Waals surface area contributed by atoms with Crippen LogP contribution >= 0.6 is 0 Å². The van der Waals surface area contributed by atoms with Crippen molar-refractivity contribution in [3.8, 4) is 11.5 Å². The normalized spacial score (nSPS) is 14.2. The Labute approximate surface area is 179 Å². The molecule has 0 spiro atoms. The van der Waals surface area contributed by atoms with Gasteiger partial charge in [-0.05, 0) is 24.3 Å². The van der Waals surface area contributed by atoms with Gasteiger partial charge in [-0.2, -0.15) is 0 Å². The molecule has 1 aliphatic heterocycles. The van der Waals surface area contributed by atoms with Crippen molar-refractivity contribution in [3.63, 3.8) is 0 Å². The Morgan fingerprint density at radius 3 is 2.29 bits per heavy atom. The molecule has 1 N–H and O–H groups in total. The van der Waals surface area contributed by atoms with E-state index in [-0.39, 0.29) is 28.6 Å². The molecule has 3 rings (SSSR count). The fourth-order valence-corrected chi connectivity index (χ4v) is 3.51. The van der Waals surface area contributed by atoms with E-state index in [0.29, 0.717) is 13.1 Å². The van der Waals surface area contributed by atoms with Gasteiger partial charge >= 0.3 is 0 Å². The molecule has 0 atom stereocenters. The molecule has 0 aliphatic carbocycles. The van der Waals surface area contributed by atoms with Crippen LogP contribution in [0.5, 0.6) is 11.5 Å². The van der Waals surface area contributed by atoms with Crippen LogP contribution in [0.4, 0.5) is 15.8 Å². The van der Waals surface area contributed by atoms with Crippen molar-refractivity contribution >= 4 is 17.3 Å². The molecule has 0 aromatic heterocycles. The van der Waals surface area contributed by atoms with Gasteiger partial charge in [0.15, 0.2) is 11.5 Å². The summed E-state index contributed by atoms with van der Waals surface area (Å²) in [4.78, 5) is 27.7. The molecular weight excluding hydrogens is 407 g/mol. The highest BCUT2D eigenvalue weighted by Gasteiger charge is 2.25. The number of rotatable bonds is 8. The molecule has 1 amide bonds. The van der Waals surface area contributed by atoms with E-state index in [1.165, 1.54) is 38.5 Å². The second-order valence-electron chi connectivity index (χ2n) is 7.04. The van der Waals surface area contributed by atoms with E-state index in [1.807, 2.05) is 0 Å². The summed E-state index contributed by atoms with van der Waals surface area (Å²) in [6.07, 6.45) is 0. The van der Waals surface area contributed by atoms with Crippen molar-refractivity contribution in [1.29, 1.82) is 0 Å². The van der Waals surface area contributed by atoms with Gasteiger partial charge in [0.2, 0.25) is 0 Å². The van der Waals surface area contributed by atoms with E-state index in [9.17, 15) is 19.3 Å². The Hall–Kier alpha value is -3.40. The average Bonchev–Trinajstić information content (AvgIpc) is 2.79. The van der Waals surface area contributed by atoms with Crippen molar-refractivity contribution in [3.05, 3.63) is 57.9 Å². The number of halogens is 1. The fraction of sp³-hybridized carbons (Fsp3) is 0.381. The van der Waals surface area contributed by atoms with E-state index in [0.717, 1.165) is 31.9 Å². The Kier molecular flexibility index (Phi) is 7.24. The topological polar surface area (TPSA) is 97.2 Å². The number of amides is 1. The maximum absolute atomic E-state index is 13.1. The largest absolute Gasteiger partial charge is 0.493 e. The molecule has 0 radical (unpaired) electrons. The smallest absolute Gasteiger partial charge is 0.286 e. The van der Waals surface area contributed by atoms with Gasteiger partial charge in [-0.1, -0.05) is 0 Å². The van der Waals surface area contributed by atoms with Gasteiger partial charge in [-0.15, -0.1) is 0 Å². The number of piperazine rings is 1. The first-order valence-corrected chi connectivity index (χ1v) is 9.84. The Bertz CT molecular complexity index is 930. The van der Waals surface area contributed by atoms with Crippen molar-refractivity contribution < 1.29 is 23.6 Å². The third-order valence-corrected chi connectivity index (χ3v) is 5.22. The monoisotopic (exact) mass is 432 g/mol.